The van der Waals surface area contributed by atoms with Gasteiger partial charge < -0.3 is 10.1 Å². The van der Waals surface area contributed by atoms with E-state index in [4.69, 9.17) is 16.3 Å². The van der Waals surface area contributed by atoms with Crippen LogP contribution in [0.3, 0.4) is 0 Å². The lowest BCUT2D eigenvalue weighted by Gasteiger charge is -2.07. The zero-order valence-corrected chi connectivity index (χ0v) is 13.0. The first kappa shape index (κ1) is 16.4. The van der Waals surface area contributed by atoms with Crippen molar-refractivity contribution in [3.63, 3.8) is 0 Å². The van der Waals surface area contributed by atoms with Crippen LogP contribution in [0.25, 0.3) is 0 Å². The number of hydrogen-bond donors (Lipinski definition) is 2. The first-order valence-corrected chi connectivity index (χ1v) is 7.49. The summed E-state index contributed by atoms with van der Waals surface area (Å²) in [4.78, 5) is 23.6. The highest BCUT2D eigenvalue weighted by Crippen LogP contribution is 2.42. The van der Waals surface area contributed by atoms with Crippen LogP contribution in [0.4, 0.5) is 14.5 Å². The van der Waals surface area contributed by atoms with Crippen LogP contribution in [0, 0.1) is 11.6 Å². The Kier molecular flexibility index (Phi) is 4.48. The Morgan fingerprint density at radius 2 is 2.12 bits per heavy atom. The topological polar surface area (TPSA) is 84.1 Å². The summed E-state index contributed by atoms with van der Waals surface area (Å²) in [5.41, 5.74) is 0.225. The standard InChI is InChI=1S/C15H12ClF2N3O3/c16-12-13(7-1-2-7)20-21-14(12)15(23)24-6-11(22)19-10-5-8(17)3-4-9(10)18/h3-5,7H,1-2,6H2,(H,19,22)(H,20,21). The van der Waals surface area contributed by atoms with Crippen molar-refractivity contribution in [3.05, 3.63) is 46.2 Å². The molecule has 0 aliphatic heterocycles. The Balaban J connectivity index is 1.58. The SMILES string of the molecule is O=C(COC(=O)c1n[nH]c(C2CC2)c1Cl)Nc1cc(F)ccc1F. The van der Waals surface area contributed by atoms with Crippen molar-refractivity contribution in [1.29, 1.82) is 0 Å². The second-order valence-corrected chi connectivity index (χ2v) is 5.70. The zero-order chi connectivity index (χ0) is 17.3. The second kappa shape index (κ2) is 6.56. The number of amides is 1. The molecule has 0 atom stereocenters. The highest BCUT2D eigenvalue weighted by Gasteiger charge is 2.31. The molecule has 1 saturated carbocycles. The molecule has 9 heteroatoms. The minimum atomic E-state index is -0.877. The van der Waals surface area contributed by atoms with E-state index < -0.39 is 30.1 Å². The molecule has 0 unspecified atom stereocenters. The lowest BCUT2D eigenvalue weighted by molar-refractivity contribution is -0.119. The van der Waals surface area contributed by atoms with Crippen molar-refractivity contribution in [2.45, 2.75) is 18.8 Å². The zero-order valence-electron chi connectivity index (χ0n) is 12.2. The monoisotopic (exact) mass is 355 g/mol. The fourth-order valence-electron chi connectivity index (χ4n) is 2.10. The van der Waals surface area contributed by atoms with Crippen molar-refractivity contribution >= 4 is 29.2 Å². The average molecular weight is 356 g/mol. The predicted molar refractivity (Wildman–Crippen MR) is 80.8 cm³/mol. The van der Waals surface area contributed by atoms with Gasteiger partial charge in [-0.2, -0.15) is 5.10 Å². The molecule has 24 heavy (non-hydrogen) atoms. The summed E-state index contributed by atoms with van der Waals surface area (Å²) >= 11 is 6.05. The Hall–Kier alpha value is -2.48. The number of carbonyl (C=O) groups excluding carboxylic acids is 2. The van der Waals surface area contributed by atoms with Crippen molar-refractivity contribution in [2.24, 2.45) is 0 Å². The van der Waals surface area contributed by atoms with E-state index in [1.165, 1.54) is 0 Å². The Labute approximate surface area is 140 Å². The summed E-state index contributed by atoms with van der Waals surface area (Å²) in [5, 5.41) is 8.77. The first-order valence-electron chi connectivity index (χ1n) is 7.11. The number of hydrogen-bond acceptors (Lipinski definition) is 4. The minimum absolute atomic E-state index is 0.108. The Morgan fingerprint density at radius 1 is 1.38 bits per heavy atom. The summed E-state index contributed by atoms with van der Waals surface area (Å²) in [6, 6.07) is 2.61. The van der Waals surface area contributed by atoms with Crippen LogP contribution in [-0.4, -0.2) is 28.7 Å². The first-order chi connectivity index (χ1) is 11.5. The number of rotatable bonds is 5. The molecule has 6 nitrogen and oxygen atoms in total. The van der Waals surface area contributed by atoms with Gasteiger partial charge in [0.15, 0.2) is 12.3 Å². The summed E-state index contributed by atoms with van der Waals surface area (Å²) in [5.74, 6) is -2.94. The molecule has 1 amide bonds. The van der Waals surface area contributed by atoms with Gasteiger partial charge >= 0.3 is 5.97 Å². The molecule has 1 heterocycles. The van der Waals surface area contributed by atoms with E-state index in [1.54, 1.807) is 0 Å². The van der Waals surface area contributed by atoms with E-state index >= 15 is 0 Å². The normalized spacial score (nSPS) is 13.6. The number of nitrogens with one attached hydrogen (secondary N) is 2. The number of carbonyl (C=O) groups is 2. The molecule has 1 aromatic carbocycles. The van der Waals surface area contributed by atoms with Gasteiger partial charge in [0.2, 0.25) is 0 Å². The van der Waals surface area contributed by atoms with Gasteiger partial charge in [0.1, 0.15) is 11.6 Å². The van der Waals surface area contributed by atoms with Gasteiger partial charge in [-0.3, -0.25) is 9.89 Å². The maximum Gasteiger partial charge on any atom is 0.360 e. The van der Waals surface area contributed by atoms with Crippen LogP contribution in [0.2, 0.25) is 5.02 Å². The molecule has 1 fully saturated rings. The third kappa shape index (κ3) is 3.53. The number of nitrogens with zero attached hydrogens (tertiary/aromatic N) is 1. The van der Waals surface area contributed by atoms with Gasteiger partial charge in [-0.05, 0) is 25.0 Å². The van der Waals surface area contributed by atoms with Crippen LogP contribution in [0.5, 0.6) is 0 Å². The largest absolute Gasteiger partial charge is 0.451 e. The molecule has 2 N–H and O–H groups in total. The summed E-state index contributed by atoms with van der Waals surface area (Å²) in [7, 11) is 0. The van der Waals surface area contributed by atoms with Crippen LogP contribution in [0.15, 0.2) is 18.2 Å². The number of aromatic nitrogens is 2. The van der Waals surface area contributed by atoms with E-state index in [0.717, 1.165) is 31.0 Å². The summed E-state index contributed by atoms with van der Waals surface area (Å²) in [6.45, 7) is -0.684. The number of aromatic amines is 1. The Bertz CT molecular complexity index is 805. The number of benzene rings is 1. The smallest absolute Gasteiger partial charge is 0.360 e. The number of anilines is 1. The Morgan fingerprint density at radius 3 is 2.83 bits per heavy atom. The highest BCUT2D eigenvalue weighted by molar-refractivity contribution is 6.34. The fraction of sp³-hybridized carbons (Fsp3) is 0.267. The highest BCUT2D eigenvalue weighted by atomic mass is 35.5. The van der Waals surface area contributed by atoms with Gasteiger partial charge in [0, 0.05) is 12.0 Å². The van der Waals surface area contributed by atoms with E-state index in [2.05, 4.69) is 15.5 Å². The average Bonchev–Trinajstić information content (AvgIpc) is 3.31. The van der Waals surface area contributed by atoms with E-state index in [9.17, 15) is 18.4 Å². The maximum absolute atomic E-state index is 13.4. The van der Waals surface area contributed by atoms with Gasteiger partial charge in [-0.1, -0.05) is 11.6 Å². The van der Waals surface area contributed by atoms with Gasteiger partial charge in [-0.25, -0.2) is 13.6 Å². The number of esters is 1. The number of ether oxygens (including phenoxy) is 1. The fourth-order valence-corrected chi connectivity index (χ4v) is 2.41. The minimum Gasteiger partial charge on any atom is -0.451 e. The predicted octanol–water partition coefficient (Wildman–Crippen LogP) is 3.01. The lowest BCUT2D eigenvalue weighted by Crippen LogP contribution is -2.21. The summed E-state index contributed by atoms with van der Waals surface area (Å²) < 4.78 is 31.2. The van der Waals surface area contributed by atoms with Crippen molar-refractivity contribution in [1.82, 2.24) is 10.2 Å². The molecule has 3 rings (SSSR count). The molecule has 126 valence electrons. The van der Waals surface area contributed by atoms with Crippen LogP contribution in [-0.2, 0) is 9.53 Å². The van der Waals surface area contributed by atoms with Crippen LogP contribution < -0.4 is 5.32 Å². The third-order valence-corrected chi connectivity index (χ3v) is 3.83. The quantitative estimate of drug-likeness (QED) is 0.807. The molecule has 2 aromatic rings. The lowest BCUT2D eigenvalue weighted by atomic mass is 10.2. The number of H-pyrrole nitrogens is 1. The van der Waals surface area contributed by atoms with Crippen LogP contribution in [0.1, 0.15) is 34.9 Å². The van der Waals surface area contributed by atoms with E-state index in [1.807, 2.05) is 0 Å². The van der Waals surface area contributed by atoms with Crippen LogP contribution >= 0.6 is 11.6 Å². The molecule has 1 aliphatic carbocycles. The van der Waals surface area contributed by atoms with Crippen molar-refractivity contribution in [3.8, 4) is 0 Å². The maximum atomic E-state index is 13.4. The molecule has 0 saturated heterocycles. The molecule has 1 aromatic heterocycles. The van der Waals surface area contributed by atoms with E-state index in [0.29, 0.717) is 5.69 Å². The molecule has 0 radical (unpaired) electrons. The van der Waals surface area contributed by atoms with E-state index in [-0.39, 0.29) is 22.3 Å². The number of halogens is 3. The molecular formula is C15H12ClF2N3O3. The van der Waals surface area contributed by atoms with Gasteiger partial charge in [-0.15, -0.1) is 0 Å². The van der Waals surface area contributed by atoms with Crippen molar-refractivity contribution < 1.29 is 23.1 Å². The van der Waals surface area contributed by atoms with Gasteiger partial charge in [0.25, 0.3) is 5.91 Å². The molecule has 0 spiro atoms. The van der Waals surface area contributed by atoms with Gasteiger partial charge in [0.05, 0.1) is 16.4 Å². The molecular weight excluding hydrogens is 344 g/mol. The molecule has 1 aliphatic rings. The van der Waals surface area contributed by atoms with Crippen molar-refractivity contribution in [2.75, 3.05) is 11.9 Å². The summed E-state index contributed by atoms with van der Waals surface area (Å²) in [6.07, 6.45) is 1.94. The second-order valence-electron chi connectivity index (χ2n) is 5.32. The molecule has 0 bridgehead atoms. The third-order valence-electron chi connectivity index (χ3n) is 3.45.